The third kappa shape index (κ3) is 3.11. The average Bonchev–Trinajstić information content (AvgIpc) is 3.08. The Morgan fingerprint density at radius 1 is 0.960 bits per heavy atom. The van der Waals surface area contributed by atoms with Crippen molar-refractivity contribution in [3.63, 3.8) is 0 Å². The summed E-state index contributed by atoms with van der Waals surface area (Å²) in [5.74, 6) is -0.213. The van der Waals surface area contributed by atoms with Crippen LogP contribution in [0.25, 0.3) is 21.7 Å². The molecule has 0 atom stereocenters. The van der Waals surface area contributed by atoms with Crippen LogP contribution in [0.4, 0.5) is 4.39 Å². The van der Waals surface area contributed by atoms with E-state index >= 15 is 0 Å². The standard InChI is InChI=1S/C21H16FNO2/c22-16-8-5-14(6-9-16)11-12-23-21(24)20-13-18-17-4-2-1-3-15(17)7-10-19(18)25-20/h1-10,13H,11-12H2,(H,23,24). The number of nitrogens with one attached hydrogen (secondary N) is 1. The molecule has 0 spiro atoms. The third-order valence-electron chi connectivity index (χ3n) is 4.26. The molecule has 1 N–H and O–H groups in total. The van der Waals surface area contributed by atoms with Crippen LogP contribution < -0.4 is 5.32 Å². The van der Waals surface area contributed by atoms with Gasteiger partial charge in [0.15, 0.2) is 5.76 Å². The van der Waals surface area contributed by atoms with Crippen molar-refractivity contribution in [1.82, 2.24) is 5.32 Å². The Hall–Kier alpha value is -3.14. The summed E-state index contributed by atoms with van der Waals surface area (Å²) in [5.41, 5.74) is 1.67. The van der Waals surface area contributed by atoms with E-state index in [0.29, 0.717) is 24.3 Å². The molecule has 1 amide bonds. The second-order valence-corrected chi connectivity index (χ2v) is 5.94. The highest BCUT2D eigenvalue weighted by molar-refractivity contribution is 6.08. The van der Waals surface area contributed by atoms with E-state index in [1.54, 1.807) is 18.2 Å². The first kappa shape index (κ1) is 15.4. The van der Waals surface area contributed by atoms with Gasteiger partial charge in [0, 0.05) is 11.9 Å². The van der Waals surface area contributed by atoms with E-state index in [2.05, 4.69) is 5.32 Å². The average molecular weight is 333 g/mol. The zero-order valence-electron chi connectivity index (χ0n) is 13.5. The maximum Gasteiger partial charge on any atom is 0.287 e. The van der Waals surface area contributed by atoms with E-state index in [4.69, 9.17) is 4.42 Å². The van der Waals surface area contributed by atoms with Crippen LogP contribution in [0.2, 0.25) is 0 Å². The number of hydrogen-bond donors (Lipinski definition) is 1. The van der Waals surface area contributed by atoms with Crippen molar-refractivity contribution in [1.29, 1.82) is 0 Å². The Balaban J connectivity index is 1.50. The molecule has 0 saturated carbocycles. The zero-order valence-corrected chi connectivity index (χ0v) is 13.5. The van der Waals surface area contributed by atoms with Crippen LogP contribution in [0.3, 0.4) is 0 Å². The van der Waals surface area contributed by atoms with Crippen LogP contribution in [-0.2, 0) is 6.42 Å². The SMILES string of the molecule is O=C(NCCc1ccc(F)cc1)c1cc2c(ccc3ccccc32)o1. The number of benzene rings is 3. The molecule has 1 aromatic heterocycles. The van der Waals surface area contributed by atoms with Crippen molar-refractivity contribution in [2.75, 3.05) is 6.54 Å². The summed E-state index contributed by atoms with van der Waals surface area (Å²) in [5, 5.41) is 5.95. The Labute approximate surface area is 144 Å². The Bertz CT molecular complexity index is 1050. The first-order valence-electron chi connectivity index (χ1n) is 8.15. The van der Waals surface area contributed by atoms with Crippen molar-refractivity contribution >= 4 is 27.6 Å². The smallest absolute Gasteiger partial charge is 0.287 e. The van der Waals surface area contributed by atoms with Gasteiger partial charge in [0.25, 0.3) is 5.91 Å². The van der Waals surface area contributed by atoms with Gasteiger partial charge in [-0.25, -0.2) is 4.39 Å². The molecule has 124 valence electrons. The minimum Gasteiger partial charge on any atom is -0.451 e. The Morgan fingerprint density at radius 2 is 1.76 bits per heavy atom. The van der Waals surface area contributed by atoms with Crippen molar-refractivity contribution in [3.05, 3.63) is 83.9 Å². The molecule has 0 aliphatic heterocycles. The number of fused-ring (bicyclic) bond motifs is 3. The molecular weight excluding hydrogens is 317 g/mol. The van der Waals surface area contributed by atoms with Crippen molar-refractivity contribution < 1.29 is 13.6 Å². The predicted octanol–water partition coefficient (Wildman–Crippen LogP) is 4.70. The number of carbonyl (C=O) groups is 1. The number of amides is 1. The van der Waals surface area contributed by atoms with Crippen molar-refractivity contribution in [3.8, 4) is 0 Å². The second kappa shape index (κ2) is 6.40. The quantitative estimate of drug-likeness (QED) is 0.588. The van der Waals surface area contributed by atoms with Crippen LogP contribution in [-0.4, -0.2) is 12.5 Å². The molecule has 3 nitrogen and oxygen atoms in total. The lowest BCUT2D eigenvalue weighted by Gasteiger charge is -2.03. The first-order valence-corrected chi connectivity index (χ1v) is 8.15. The summed E-state index contributed by atoms with van der Waals surface area (Å²) in [6.45, 7) is 0.461. The molecule has 0 saturated heterocycles. The van der Waals surface area contributed by atoms with E-state index in [9.17, 15) is 9.18 Å². The normalized spacial score (nSPS) is 11.1. The molecule has 25 heavy (non-hydrogen) atoms. The predicted molar refractivity (Wildman–Crippen MR) is 96.2 cm³/mol. The summed E-state index contributed by atoms with van der Waals surface area (Å²) in [4.78, 5) is 12.3. The maximum absolute atomic E-state index is 12.9. The zero-order chi connectivity index (χ0) is 17.2. The van der Waals surface area contributed by atoms with Crippen LogP contribution in [0.1, 0.15) is 16.1 Å². The highest BCUT2D eigenvalue weighted by Gasteiger charge is 2.13. The summed E-state index contributed by atoms with van der Waals surface area (Å²) in [6, 6.07) is 19.9. The molecule has 0 aliphatic rings. The van der Waals surface area contributed by atoms with Crippen molar-refractivity contribution in [2.45, 2.75) is 6.42 Å². The van der Waals surface area contributed by atoms with Gasteiger partial charge < -0.3 is 9.73 Å². The van der Waals surface area contributed by atoms with Crippen LogP contribution in [0.5, 0.6) is 0 Å². The summed E-state index contributed by atoms with van der Waals surface area (Å²) >= 11 is 0. The van der Waals surface area contributed by atoms with Crippen LogP contribution in [0.15, 0.2) is 71.1 Å². The van der Waals surface area contributed by atoms with E-state index < -0.39 is 0 Å². The van der Waals surface area contributed by atoms with Gasteiger partial charge in [-0.3, -0.25) is 4.79 Å². The summed E-state index contributed by atoms with van der Waals surface area (Å²) in [7, 11) is 0. The molecular formula is C21H16FNO2. The lowest BCUT2D eigenvalue weighted by Crippen LogP contribution is -2.25. The van der Waals surface area contributed by atoms with Gasteiger partial charge in [0.2, 0.25) is 0 Å². The molecule has 4 heteroatoms. The van der Waals surface area contributed by atoms with Gasteiger partial charge in [-0.1, -0.05) is 42.5 Å². The highest BCUT2D eigenvalue weighted by atomic mass is 19.1. The van der Waals surface area contributed by atoms with Crippen molar-refractivity contribution in [2.24, 2.45) is 0 Å². The third-order valence-corrected chi connectivity index (χ3v) is 4.26. The topological polar surface area (TPSA) is 42.2 Å². The summed E-state index contributed by atoms with van der Waals surface area (Å²) in [6.07, 6.45) is 0.634. The molecule has 3 aromatic carbocycles. The number of rotatable bonds is 4. The molecule has 0 bridgehead atoms. The lowest BCUT2D eigenvalue weighted by atomic mass is 10.1. The fraction of sp³-hybridized carbons (Fsp3) is 0.0952. The molecule has 4 rings (SSSR count). The molecule has 0 fully saturated rings. The fourth-order valence-corrected chi connectivity index (χ4v) is 2.96. The first-order chi connectivity index (χ1) is 12.2. The highest BCUT2D eigenvalue weighted by Crippen LogP contribution is 2.28. The van der Waals surface area contributed by atoms with Gasteiger partial charge in [-0.05, 0) is 47.0 Å². The largest absolute Gasteiger partial charge is 0.451 e. The fourth-order valence-electron chi connectivity index (χ4n) is 2.96. The number of hydrogen-bond acceptors (Lipinski definition) is 2. The minimum atomic E-state index is -0.262. The van der Waals surface area contributed by atoms with Gasteiger partial charge in [0.1, 0.15) is 11.4 Å². The number of furan rings is 1. The van der Waals surface area contributed by atoms with Gasteiger partial charge in [0.05, 0.1) is 0 Å². The van der Waals surface area contributed by atoms with Gasteiger partial charge in [-0.2, -0.15) is 0 Å². The Morgan fingerprint density at radius 3 is 2.60 bits per heavy atom. The van der Waals surface area contributed by atoms with E-state index in [0.717, 1.165) is 21.7 Å². The number of carbonyl (C=O) groups excluding carboxylic acids is 1. The van der Waals surface area contributed by atoms with Crippen LogP contribution >= 0.6 is 0 Å². The lowest BCUT2D eigenvalue weighted by molar-refractivity contribution is 0.0928. The van der Waals surface area contributed by atoms with E-state index in [-0.39, 0.29) is 11.7 Å². The molecule has 4 aromatic rings. The molecule has 0 aliphatic carbocycles. The second-order valence-electron chi connectivity index (χ2n) is 5.94. The summed E-state index contributed by atoms with van der Waals surface area (Å²) < 4.78 is 18.6. The van der Waals surface area contributed by atoms with E-state index in [1.807, 2.05) is 36.4 Å². The van der Waals surface area contributed by atoms with E-state index in [1.165, 1.54) is 12.1 Å². The molecule has 1 heterocycles. The molecule has 0 radical (unpaired) electrons. The minimum absolute atomic E-state index is 0.248. The molecule has 0 unspecified atom stereocenters. The Kier molecular flexibility index (Phi) is 3.94. The number of halogens is 1. The van der Waals surface area contributed by atoms with Crippen LogP contribution in [0, 0.1) is 5.82 Å². The monoisotopic (exact) mass is 333 g/mol. The maximum atomic E-state index is 12.9. The van der Waals surface area contributed by atoms with Gasteiger partial charge in [-0.15, -0.1) is 0 Å². The van der Waals surface area contributed by atoms with Gasteiger partial charge >= 0.3 is 0 Å².